The third-order valence-corrected chi connectivity index (χ3v) is 6.34. The van der Waals surface area contributed by atoms with Crippen LogP contribution in [0.4, 0.5) is 35.0 Å². The molecule has 3 N–H and O–H groups in total. The highest BCUT2D eigenvalue weighted by Gasteiger charge is 2.30. The van der Waals surface area contributed by atoms with Crippen LogP contribution in [0.3, 0.4) is 0 Å². The quantitative estimate of drug-likeness (QED) is 0.286. The van der Waals surface area contributed by atoms with Gasteiger partial charge in [0.25, 0.3) is 10.0 Å². The Morgan fingerprint density at radius 3 is 2.19 bits per heavy atom. The van der Waals surface area contributed by atoms with Crippen molar-refractivity contribution in [3.63, 3.8) is 0 Å². The molecule has 0 fully saturated rings. The molecule has 0 saturated heterocycles. The van der Waals surface area contributed by atoms with Crippen LogP contribution < -0.4 is 15.4 Å². The maximum absolute atomic E-state index is 13.0. The smallest absolute Gasteiger partial charge is 0.308 e. The van der Waals surface area contributed by atoms with Crippen LogP contribution in [0.1, 0.15) is 5.56 Å². The first-order chi connectivity index (χ1) is 17.1. The Morgan fingerprint density at radius 1 is 0.778 bits per heavy atom. The highest BCUT2D eigenvalue weighted by atomic mass is 32.2. The summed E-state index contributed by atoms with van der Waals surface area (Å²) in [5.74, 6) is 0. The van der Waals surface area contributed by atoms with Gasteiger partial charge in [-0.1, -0.05) is 30.3 Å². The fourth-order valence-electron chi connectivity index (χ4n) is 3.32. The summed E-state index contributed by atoms with van der Waals surface area (Å²) in [5, 5.41) is 4.87. The monoisotopic (exact) mass is 512 g/mol. The minimum atomic E-state index is -4.57. The number of urea groups is 1. The van der Waals surface area contributed by atoms with Gasteiger partial charge in [-0.05, 0) is 60.7 Å². The van der Waals surface area contributed by atoms with Crippen molar-refractivity contribution >= 4 is 33.1 Å². The number of hydrogen-bond donors (Lipinski definition) is 3. The van der Waals surface area contributed by atoms with Gasteiger partial charge in [0.1, 0.15) is 0 Å². The normalized spacial score (nSPS) is 11.5. The van der Waals surface area contributed by atoms with Gasteiger partial charge in [0.2, 0.25) is 0 Å². The molecule has 0 radical (unpaired) electrons. The van der Waals surface area contributed by atoms with Gasteiger partial charge in [0.05, 0.1) is 21.8 Å². The standard InChI is InChI=1S/C25H19F3N4O3S/c26-25(27,28)17-7-6-10-19(15-17)30-24(33)31-23-16-20(12-13-21(23)22-11-4-5-14-29-22)36(34,35)32-18-8-2-1-3-9-18/h1-16,32H,(H2,30,31,33). The first-order valence-electron chi connectivity index (χ1n) is 10.5. The van der Waals surface area contributed by atoms with Crippen LogP contribution in [-0.2, 0) is 16.2 Å². The molecule has 0 unspecified atom stereocenters. The van der Waals surface area contributed by atoms with Crippen LogP contribution in [0.25, 0.3) is 11.3 Å². The number of pyridine rings is 1. The third kappa shape index (κ3) is 5.99. The van der Waals surface area contributed by atoms with Crippen molar-refractivity contribution in [3.8, 4) is 11.3 Å². The Hall–Kier alpha value is -4.38. The van der Waals surface area contributed by atoms with Crippen molar-refractivity contribution in [1.82, 2.24) is 4.98 Å². The van der Waals surface area contributed by atoms with E-state index in [1.54, 1.807) is 48.5 Å². The summed E-state index contributed by atoms with van der Waals surface area (Å²) in [6, 6.07) is 20.7. The average molecular weight is 513 g/mol. The molecule has 4 aromatic rings. The first kappa shape index (κ1) is 24.7. The number of hydrogen-bond acceptors (Lipinski definition) is 4. The molecule has 184 valence electrons. The second-order valence-electron chi connectivity index (χ2n) is 7.55. The molecule has 1 aromatic heterocycles. The minimum absolute atomic E-state index is 0.0868. The fraction of sp³-hybridized carbons (Fsp3) is 0.0400. The zero-order chi connectivity index (χ0) is 25.8. The molecule has 0 atom stereocenters. The Morgan fingerprint density at radius 2 is 1.50 bits per heavy atom. The zero-order valence-corrected chi connectivity index (χ0v) is 19.3. The fourth-order valence-corrected chi connectivity index (χ4v) is 4.40. The summed E-state index contributed by atoms with van der Waals surface area (Å²) in [4.78, 5) is 16.8. The molecule has 0 aliphatic rings. The van der Waals surface area contributed by atoms with E-state index in [2.05, 4.69) is 20.3 Å². The molecule has 3 aromatic carbocycles. The van der Waals surface area contributed by atoms with Crippen LogP contribution in [0.2, 0.25) is 0 Å². The molecule has 1 heterocycles. The van der Waals surface area contributed by atoms with Crippen LogP contribution in [0.5, 0.6) is 0 Å². The average Bonchev–Trinajstić information content (AvgIpc) is 2.84. The van der Waals surface area contributed by atoms with Gasteiger partial charge in [0, 0.05) is 23.1 Å². The molecule has 0 aliphatic heterocycles. The SMILES string of the molecule is O=C(Nc1cccc(C(F)(F)F)c1)Nc1cc(S(=O)(=O)Nc2ccccc2)ccc1-c1ccccn1. The number of nitrogens with one attached hydrogen (secondary N) is 3. The van der Waals surface area contributed by atoms with Crippen molar-refractivity contribution < 1.29 is 26.4 Å². The molecule has 11 heteroatoms. The molecule has 4 rings (SSSR count). The number of aromatic nitrogens is 1. The van der Waals surface area contributed by atoms with Crippen molar-refractivity contribution in [3.05, 3.63) is 103 Å². The van der Waals surface area contributed by atoms with E-state index in [1.807, 2.05) is 0 Å². The summed E-state index contributed by atoms with van der Waals surface area (Å²) < 4.78 is 67.4. The molecular formula is C25H19F3N4O3S. The van der Waals surface area contributed by atoms with Crippen molar-refractivity contribution in [2.24, 2.45) is 0 Å². The van der Waals surface area contributed by atoms with E-state index in [0.717, 1.165) is 12.1 Å². The van der Waals surface area contributed by atoms with Crippen molar-refractivity contribution in [1.29, 1.82) is 0 Å². The van der Waals surface area contributed by atoms with Crippen molar-refractivity contribution in [2.75, 3.05) is 15.4 Å². The van der Waals surface area contributed by atoms with E-state index in [1.165, 1.54) is 36.5 Å². The van der Waals surface area contributed by atoms with Gasteiger partial charge < -0.3 is 10.6 Å². The number of carbonyl (C=O) groups is 1. The molecule has 36 heavy (non-hydrogen) atoms. The molecule has 0 spiro atoms. The number of para-hydroxylation sites is 1. The number of benzene rings is 3. The van der Waals surface area contributed by atoms with E-state index in [0.29, 0.717) is 16.9 Å². The summed E-state index contributed by atoms with van der Waals surface area (Å²) in [5.41, 5.74) is 0.295. The van der Waals surface area contributed by atoms with Gasteiger partial charge in [-0.3, -0.25) is 9.71 Å². The number of alkyl halides is 3. The number of nitrogens with zero attached hydrogens (tertiary/aromatic N) is 1. The number of sulfonamides is 1. The molecule has 0 bridgehead atoms. The van der Waals surface area contributed by atoms with Gasteiger partial charge >= 0.3 is 12.2 Å². The van der Waals surface area contributed by atoms with E-state index >= 15 is 0 Å². The lowest BCUT2D eigenvalue weighted by Gasteiger charge is -2.15. The number of carbonyl (C=O) groups excluding carboxylic acids is 1. The topological polar surface area (TPSA) is 100 Å². The molecule has 2 amide bonds. The largest absolute Gasteiger partial charge is 0.416 e. The lowest BCUT2D eigenvalue weighted by molar-refractivity contribution is -0.137. The number of anilines is 3. The van der Waals surface area contributed by atoms with E-state index in [-0.39, 0.29) is 16.3 Å². The van der Waals surface area contributed by atoms with Gasteiger partial charge in [-0.2, -0.15) is 13.2 Å². The summed E-state index contributed by atoms with van der Waals surface area (Å²) in [7, 11) is -4.02. The number of rotatable bonds is 6. The Balaban J connectivity index is 1.65. The van der Waals surface area contributed by atoms with Gasteiger partial charge in [-0.15, -0.1) is 0 Å². The zero-order valence-electron chi connectivity index (χ0n) is 18.5. The first-order valence-corrected chi connectivity index (χ1v) is 12.0. The summed E-state index contributed by atoms with van der Waals surface area (Å²) in [6.07, 6.45) is -3.04. The minimum Gasteiger partial charge on any atom is -0.308 e. The highest BCUT2D eigenvalue weighted by Crippen LogP contribution is 2.32. The van der Waals surface area contributed by atoms with Crippen LogP contribution in [0.15, 0.2) is 102 Å². The predicted octanol–water partition coefficient (Wildman–Crippen LogP) is 6.21. The number of amides is 2. The van der Waals surface area contributed by atoms with E-state index in [4.69, 9.17) is 0 Å². The second kappa shape index (κ2) is 10.1. The van der Waals surface area contributed by atoms with Crippen LogP contribution in [0, 0.1) is 0 Å². The van der Waals surface area contributed by atoms with Crippen molar-refractivity contribution in [2.45, 2.75) is 11.1 Å². The maximum atomic E-state index is 13.0. The van der Waals surface area contributed by atoms with Crippen LogP contribution in [-0.4, -0.2) is 19.4 Å². The van der Waals surface area contributed by atoms with Crippen LogP contribution >= 0.6 is 0 Å². The molecule has 7 nitrogen and oxygen atoms in total. The summed E-state index contributed by atoms with van der Waals surface area (Å²) >= 11 is 0. The van der Waals surface area contributed by atoms with E-state index < -0.39 is 27.8 Å². The Bertz CT molecular complexity index is 1480. The Kier molecular flexibility index (Phi) is 6.93. The highest BCUT2D eigenvalue weighted by molar-refractivity contribution is 7.92. The Labute approximate surface area is 205 Å². The number of halogens is 3. The summed E-state index contributed by atoms with van der Waals surface area (Å²) in [6.45, 7) is 0. The van der Waals surface area contributed by atoms with E-state index in [9.17, 15) is 26.4 Å². The molecule has 0 saturated carbocycles. The van der Waals surface area contributed by atoms with Gasteiger partial charge in [-0.25, -0.2) is 13.2 Å². The van der Waals surface area contributed by atoms with Gasteiger partial charge in [0.15, 0.2) is 0 Å². The maximum Gasteiger partial charge on any atom is 0.416 e. The lowest BCUT2D eigenvalue weighted by atomic mass is 10.1. The second-order valence-corrected chi connectivity index (χ2v) is 9.23. The molecular weight excluding hydrogens is 493 g/mol. The molecule has 0 aliphatic carbocycles. The lowest BCUT2D eigenvalue weighted by Crippen LogP contribution is -2.21. The predicted molar refractivity (Wildman–Crippen MR) is 131 cm³/mol. The third-order valence-electron chi connectivity index (χ3n) is 4.96.